The Bertz CT molecular complexity index is 266. The molecule has 1 fully saturated rings. The van der Waals surface area contributed by atoms with Gasteiger partial charge in [0.15, 0.2) is 0 Å². The summed E-state index contributed by atoms with van der Waals surface area (Å²) in [6, 6.07) is 1.21. The number of hydrogen-bond donors (Lipinski definition) is 1. The molecule has 3 heteroatoms. The fourth-order valence-electron chi connectivity index (χ4n) is 2.98. The minimum atomic E-state index is 0.607. The lowest BCUT2D eigenvalue weighted by Crippen LogP contribution is -2.54. The van der Waals surface area contributed by atoms with Crippen molar-refractivity contribution in [3.63, 3.8) is 0 Å². The standard InChI is InChI=1S/C15H31N3.C5H12/c1-5-18-14(2)12-17(13-15(18)3)11-9-7-6-8-10-16-4;1-4-5(2)3/h5,14-16H,1,6-13H2,2-4H3;5H,4H2,1-3H3. The smallest absolute Gasteiger partial charge is 0.0386 e. The summed E-state index contributed by atoms with van der Waals surface area (Å²) in [5.41, 5.74) is 0. The third-order valence-corrected chi connectivity index (χ3v) is 4.74. The van der Waals surface area contributed by atoms with Crippen molar-refractivity contribution in [3.05, 3.63) is 12.8 Å². The molecule has 0 radical (unpaired) electrons. The highest BCUT2D eigenvalue weighted by molar-refractivity contribution is 4.90. The molecule has 1 aliphatic heterocycles. The minimum Gasteiger partial charge on any atom is -0.370 e. The van der Waals surface area contributed by atoms with Crippen molar-refractivity contribution in [1.29, 1.82) is 0 Å². The first-order valence-corrected chi connectivity index (χ1v) is 9.73. The molecule has 0 aromatic carbocycles. The van der Waals surface area contributed by atoms with Crippen LogP contribution in [0.2, 0.25) is 0 Å². The van der Waals surface area contributed by atoms with Crippen molar-refractivity contribution < 1.29 is 0 Å². The highest BCUT2D eigenvalue weighted by Crippen LogP contribution is 2.16. The van der Waals surface area contributed by atoms with Crippen LogP contribution in [-0.2, 0) is 0 Å². The van der Waals surface area contributed by atoms with Crippen LogP contribution in [0.15, 0.2) is 12.8 Å². The molecule has 1 heterocycles. The first kappa shape index (κ1) is 22.5. The van der Waals surface area contributed by atoms with Gasteiger partial charge in [-0.25, -0.2) is 0 Å². The van der Waals surface area contributed by atoms with Gasteiger partial charge in [0.1, 0.15) is 0 Å². The van der Waals surface area contributed by atoms with Crippen molar-refractivity contribution in [2.24, 2.45) is 5.92 Å². The highest BCUT2D eigenvalue weighted by atomic mass is 15.3. The Kier molecular flexibility index (Phi) is 13.5. The monoisotopic (exact) mass is 325 g/mol. The lowest BCUT2D eigenvalue weighted by molar-refractivity contribution is 0.0755. The van der Waals surface area contributed by atoms with E-state index in [0.717, 1.165) is 12.5 Å². The molecule has 0 aromatic heterocycles. The maximum absolute atomic E-state index is 3.92. The van der Waals surface area contributed by atoms with E-state index in [1.807, 2.05) is 13.2 Å². The Balaban J connectivity index is 0.000000841. The molecule has 1 saturated heterocycles. The van der Waals surface area contributed by atoms with Crippen molar-refractivity contribution in [2.45, 2.75) is 78.8 Å². The summed E-state index contributed by atoms with van der Waals surface area (Å²) < 4.78 is 0. The van der Waals surface area contributed by atoms with E-state index in [2.05, 4.69) is 56.3 Å². The van der Waals surface area contributed by atoms with E-state index in [1.165, 1.54) is 51.7 Å². The van der Waals surface area contributed by atoms with Crippen molar-refractivity contribution >= 4 is 0 Å². The Labute approximate surface area is 146 Å². The lowest BCUT2D eigenvalue weighted by atomic mass is 10.1. The predicted molar refractivity (Wildman–Crippen MR) is 105 cm³/mol. The SMILES string of the molecule is C=CN1C(C)CN(CCCCCCNC)CC1C.CCC(C)C. The number of nitrogens with one attached hydrogen (secondary N) is 1. The van der Waals surface area contributed by atoms with Crippen LogP contribution in [0, 0.1) is 5.92 Å². The Morgan fingerprint density at radius 1 is 1.09 bits per heavy atom. The predicted octanol–water partition coefficient (Wildman–Crippen LogP) is 4.36. The molecule has 1 aliphatic rings. The van der Waals surface area contributed by atoms with E-state index < -0.39 is 0 Å². The van der Waals surface area contributed by atoms with Gasteiger partial charge in [0, 0.05) is 25.2 Å². The van der Waals surface area contributed by atoms with Gasteiger partial charge in [0.05, 0.1) is 0 Å². The molecule has 2 atom stereocenters. The lowest BCUT2D eigenvalue weighted by Gasteiger charge is -2.44. The van der Waals surface area contributed by atoms with Crippen LogP contribution in [-0.4, -0.2) is 55.1 Å². The first-order valence-electron chi connectivity index (χ1n) is 9.73. The third-order valence-electron chi connectivity index (χ3n) is 4.74. The second kappa shape index (κ2) is 13.9. The maximum atomic E-state index is 3.92. The van der Waals surface area contributed by atoms with Crippen molar-refractivity contribution in [2.75, 3.05) is 33.2 Å². The van der Waals surface area contributed by atoms with Gasteiger partial charge in [0.2, 0.25) is 0 Å². The van der Waals surface area contributed by atoms with Crippen LogP contribution in [0.3, 0.4) is 0 Å². The van der Waals surface area contributed by atoms with E-state index in [0.29, 0.717) is 12.1 Å². The molecule has 0 spiro atoms. The average Bonchev–Trinajstić information content (AvgIpc) is 2.51. The number of rotatable bonds is 9. The minimum absolute atomic E-state index is 0.607. The van der Waals surface area contributed by atoms with Crippen LogP contribution >= 0.6 is 0 Å². The van der Waals surface area contributed by atoms with Crippen LogP contribution in [0.25, 0.3) is 0 Å². The van der Waals surface area contributed by atoms with Gasteiger partial charge in [-0.1, -0.05) is 46.6 Å². The molecule has 2 unspecified atom stereocenters. The Hall–Kier alpha value is -0.540. The molecule has 0 bridgehead atoms. The molecular weight excluding hydrogens is 282 g/mol. The molecule has 0 saturated carbocycles. The van der Waals surface area contributed by atoms with Gasteiger partial charge >= 0.3 is 0 Å². The zero-order valence-corrected chi connectivity index (χ0v) is 16.8. The van der Waals surface area contributed by atoms with Crippen LogP contribution in [0.1, 0.15) is 66.7 Å². The molecule has 3 nitrogen and oxygen atoms in total. The van der Waals surface area contributed by atoms with Gasteiger partial charge in [-0.15, -0.1) is 0 Å². The number of unbranched alkanes of at least 4 members (excludes halogenated alkanes) is 3. The molecule has 23 heavy (non-hydrogen) atoms. The average molecular weight is 326 g/mol. The molecule has 138 valence electrons. The molecule has 0 amide bonds. The van der Waals surface area contributed by atoms with Gasteiger partial charge in [-0.05, 0) is 58.9 Å². The number of hydrogen-bond acceptors (Lipinski definition) is 3. The van der Waals surface area contributed by atoms with E-state index in [9.17, 15) is 0 Å². The molecule has 1 N–H and O–H groups in total. The van der Waals surface area contributed by atoms with Crippen molar-refractivity contribution in [3.8, 4) is 0 Å². The van der Waals surface area contributed by atoms with Gasteiger partial charge in [-0.3, -0.25) is 4.90 Å². The Morgan fingerprint density at radius 3 is 2.04 bits per heavy atom. The summed E-state index contributed by atoms with van der Waals surface area (Å²) >= 11 is 0. The molecule has 0 aliphatic carbocycles. The summed E-state index contributed by atoms with van der Waals surface area (Å²) in [4.78, 5) is 5.01. The zero-order chi connectivity index (χ0) is 17.7. The molecule has 1 rings (SSSR count). The summed E-state index contributed by atoms with van der Waals surface area (Å²) in [6.45, 7) is 20.0. The topological polar surface area (TPSA) is 18.5 Å². The van der Waals surface area contributed by atoms with E-state index >= 15 is 0 Å². The third kappa shape index (κ3) is 10.8. The normalized spacial score (nSPS) is 22.0. The second-order valence-corrected chi connectivity index (χ2v) is 7.41. The summed E-state index contributed by atoms with van der Waals surface area (Å²) in [6.07, 6.45) is 8.69. The van der Waals surface area contributed by atoms with Gasteiger partial charge in [0.25, 0.3) is 0 Å². The Morgan fingerprint density at radius 2 is 1.61 bits per heavy atom. The van der Waals surface area contributed by atoms with E-state index in [-0.39, 0.29) is 0 Å². The molecular formula is C20H43N3. The summed E-state index contributed by atoms with van der Waals surface area (Å²) in [5, 5.41) is 3.21. The van der Waals surface area contributed by atoms with E-state index in [1.54, 1.807) is 0 Å². The first-order chi connectivity index (χ1) is 11.0. The largest absolute Gasteiger partial charge is 0.370 e. The van der Waals surface area contributed by atoms with Crippen molar-refractivity contribution in [1.82, 2.24) is 15.1 Å². The fraction of sp³-hybridized carbons (Fsp3) is 0.900. The fourth-order valence-corrected chi connectivity index (χ4v) is 2.98. The second-order valence-electron chi connectivity index (χ2n) is 7.41. The molecule has 0 aromatic rings. The van der Waals surface area contributed by atoms with Crippen LogP contribution in [0.5, 0.6) is 0 Å². The highest BCUT2D eigenvalue weighted by Gasteiger charge is 2.26. The number of nitrogens with zero attached hydrogens (tertiary/aromatic N) is 2. The summed E-state index contributed by atoms with van der Waals surface area (Å²) in [7, 11) is 2.03. The summed E-state index contributed by atoms with van der Waals surface area (Å²) in [5.74, 6) is 0.884. The quantitative estimate of drug-likeness (QED) is 0.636. The van der Waals surface area contributed by atoms with Gasteiger partial charge in [-0.2, -0.15) is 0 Å². The number of piperazine rings is 1. The maximum Gasteiger partial charge on any atom is 0.0386 e. The zero-order valence-electron chi connectivity index (χ0n) is 16.8. The van der Waals surface area contributed by atoms with Crippen LogP contribution in [0.4, 0.5) is 0 Å². The van der Waals surface area contributed by atoms with Gasteiger partial charge < -0.3 is 10.2 Å². The van der Waals surface area contributed by atoms with Crippen LogP contribution < -0.4 is 5.32 Å². The van der Waals surface area contributed by atoms with E-state index in [4.69, 9.17) is 0 Å².